The lowest BCUT2D eigenvalue weighted by Gasteiger charge is -2.17. The van der Waals surface area contributed by atoms with Gasteiger partial charge in [-0.1, -0.05) is 47.6 Å². The molecule has 5 rings (SSSR count). The third-order valence-corrected chi connectivity index (χ3v) is 7.48. The van der Waals surface area contributed by atoms with Gasteiger partial charge in [-0.25, -0.2) is 0 Å². The molecule has 0 radical (unpaired) electrons. The molecule has 1 N–H and O–H groups in total. The van der Waals surface area contributed by atoms with Crippen LogP contribution in [0.3, 0.4) is 0 Å². The molecule has 1 aromatic heterocycles. The van der Waals surface area contributed by atoms with E-state index in [1.54, 1.807) is 34.9 Å². The Morgan fingerprint density at radius 3 is 2.62 bits per heavy atom. The van der Waals surface area contributed by atoms with Gasteiger partial charge < -0.3 is 19.7 Å². The number of nitrogens with zero attached hydrogens (tertiary/aromatic N) is 4. The summed E-state index contributed by atoms with van der Waals surface area (Å²) in [6.07, 6.45) is 0.842. The quantitative estimate of drug-likeness (QED) is 0.298. The van der Waals surface area contributed by atoms with Crippen LogP contribution in [0, 0.1) is 0 Å². The Kier molecular flexibility index (Phi) is 8.04. The van der Waals surface area contributed by atoms with Crippen LogP contribution in [0.4, 0.5) is 5.69 Å². The Hall–Kier alpha value is -4.02. The SMILES string of the molecule is COc1ccc(C(=O)NCc2nnc(SCC(=O)N3CCc4ccccc43)n2-c2cccc(Cl)c2)cc1OC. The van der Waals surface area contributed by atoms with Crippen molar-refractivity contribution in [3.63, 3.8) is 0 Å². The van der Waals surface area contributed by atoms with E-state index in [0.29, 0.717) is 39.6 Å². The minimum atomic E-state index is -0.311. The zero-order chi connectivity index (χ0) is 27.4. The van der Waals surface area contributed by atoms with Crippen molar-refractivity contribution < 1.29 is 19.1 Å². The van der Waals surface area contributed by atoms with Crippen molar-refractivity contribution in [2.45, 2.75) is 18.1 Å². The molecule has 0 atom stereocenters. The molecule has 39 heavy (non-hydrogen) atoms. The zero-order valence-electron chi connectivity index (χ0n) is 21.4. The summed E-state index contributed by atoms with van der Waals surface area (Å²) < 4.78 is 12.4. The summed E-state index contributed by atoms with van der Waals surface area (Å²) in [5.41, 5.74) is 3.26. The first-order chi connectivity index (χ1) is 19.0. The molecule has 0 aliphatic carbocycles. The molecule has 200 valence electrons. The Bertz CT molecular complexity index is 1530. The summed E-state index contributed by atoms with van der Waals surface area (Å²) in [6, 6.07) is 20.1. The second kappa shape index (κ2) is 11.8. The molecule has 0 saturated heterocycles. The van der Waals surface area contributed by atoms with Gasteiger partial charge in [0.25, 0.3) is 5.91 Å². The van der Waals surface area contributed by atoms with Crippen LogP contribution in [-0.2, 0) is 17.8 Å². The summed E-state index contributed by atoms with van der Waals surface area (Å²) in [6.45, 7) is 0.758. The normalized spacial score (nSPS) is 12.2. The van der Waals surface area contributed by atoms with Gasteiger partial charge in [-0.3, -0.25) is 14.2 Å². The van der Waals surface area contributed by atoms with Crippen molar-refractivity contribution in [1.29, 1.82) is 0 Å². The molecular weight excluding hydrogens is 538 g/mol. The van der Waals surface area contributed by atoms with Crippen LogP contribution in [0.25, 0.3) is 5.69 Å². The molecule has 9 nitrogen and oxygen atoms in total. The Morgan fingerprint density at radius 1 is 1.00 bits per heavy atom. The molecule has 1 aliphatic heterocycles. The largest absolute Gasteiger partial charge is 0.493 e. The number of hydrogen-bond donors (Lipinski definition) is 1. The zero-order valence-corrected chi connectivity index (χ0v) is 23.0. The molecule has 3 aromatic carbocycles. The first kappa shape index (κ1) is 26.6. The van der Waals surface area contributed by atoms with Gasteiger partial charge in [-0.15, -0.1) is 10.2 Å². The van der Waals surface area contributed by atoms with Gasteiger partial charge >= 0.3 is 0 Å². The standard InChI is InChI=1S/C28H26ClN5O4S/c1-37-23-11-10-19(14-24(23)38-2)27(36)30-16-25-31-32-28(34(25)21-8-5-7-20(29)15-21)39-17-26(35)33-13-12-18-6-3-4-9-22(18)33/h3-11,14-15H,12-13,16-17H2,1-2H3,(H,30,36). The van der Waals surface area contributed by atoms with Crippen molar-refractivity contribution in [2.75, 3.05) is 31.4 Å². The van der Waals surface area contributed by atoms with Gasteiger partial charge in [-0.2, -0.15) is 0 Å². The molecular formula is C28H26ClN5O4S. The van der Waals surface area contributed by atoms with Crippen LogP contribution >= 0.6 is 23.4 Å². The number of aromatic nitrogens is 3. The van der Waals surface area contributed by atoms with Gasteiger partial charge in [0.1, 0.15) is 0 Å². The monoisotopic (exact) mass is 563 g/mol. The van der Waals surface area contributed by atoms with E-state index in [2.05, 4.69) is 15.5 Å². The number of fused-ring (bicyclic) bond motifs is 1. The number of benzene rings is 3. The Morgan fingerprint density at radius 2 is 1.82 bits per heavy atom. The highest BCUT2D eigenvalue weighted by Crippen LogP contribution is 2.30. The number of rotatable bonds is 9. The fourth-order valence-corrected chi connectivity index (χ4v) is 5.45. The second-order valence-electron chi connectivity index (χ2n) is 8.68. The number of methoxy groups -OCH3 is 2. The smallest absolute Gasteiger partial charge is 0.251 e. The van der Waals surface area contributed by atoms with Crippen molar-refractivity contribution in [1.82, 2.24) is 20.1 Å². The van der Waals surface area contributed by atoms with Crippen molar-refractivity contribution >= 4 is 40.9 Å². The molecule has 2 heterocycles. The van der Waals surface area contributed by atoms with Crippen LogP contribution < -0.4 is 19.7 Å². The number of ether oxygens (including phenoxy) is 2. The van der Waals surface area contributed by atoms with Crippen LogP contribution in [0.1, 0.15) is 21.7 Å². The van der Waals surface area contributed by atoms with E-state index in [1.165, 1.54) is 31.5 Å². The number of carbonyl (C=O) groups is 2. The Balaban J connectivity index is 1.34. The number of amides is 2. The molecule has 11 heteroatoms. The fourth-order valence-electron chi connectivity index (χ4n) is 4.42. The highest BCUT2D eigenvalue weighted by atomic mass is 35.5. The maximum Gasteiger partial charge on any atom is 0.251 e. The molecule has 0 unspecified atom stereocenters. The number of nitrogens with one attached hydrogen (secondary N) is 1. The number of para-hydroxylation sites is 1. The molecule has 0 saturated carbocycles. The van der Waals surface area contributed by atoms with Crippen LogP contribution in [-0.4, -0.2) is 53.1 Å². The Labute approximate surface area is 235 Å². The number of halogens is 1. The molecule has 4 aromatic rings. The topological polar surface area (TPSA) is 98.6 Å². The van der Waals surface area contributed by atoms with E-state index in [4.69, 9.17) is 21.1 Å². The highest BCUT2D eigenvalue weighted by molar-refractivity contribution is 7.99. The average Bonchev–Trinajstić information content (AvgIpc) is 3.58. The third kappa shape index (κ3) is 5.71. The molecule has 1 aliphatic rings. The molecule has 0 fully saturated rings. The molecule has 0 spiro atoms. The van der Waals surface area contributed by atoms with Crippen molar-refractivity contribution in [3.8, 4) is 17.2 Å². The predicted molar refractivity (Wildman–Crippen MR) is 150 cm³/mol. The summed E-state index contributed by atoms with van der Waals surface area (Å²) in [5, 5.41) is 12.6. The lowest BCUT2D eigenvalue weighted by Crippen LogP contribution is -2.30. The summed E-state index contributed by atoms with van der Waals surface area (Å²) >= 11 is 7.56. The van der Waals surface area contributed by atoms with Gasteiger partial charge in [0.2, 0.25) is 5.91 Å². The number of hydrogen-bond acceptors (Lipinski definition) is 7. The fraction of sp³-hybridized carbons (Fsp3) is 0.214. The van der Waals surface area contributed by atoms with Gasteiger partial charge in [0, 0.05) is 22.8 Å². The van der Waals surface area contributed by atoms with Crippen LogP contribution in [0.2, 0.25) is 5.02 Å². The number of anilines is 1. The van der Waals surface area contributed by atoms with Gasteiger partial charge in [0.05, 0.1) is 32.2 Å². The lowest BCUT2D eigenvalue weighted by atomic mass is 10.2. The number of thioether (sulfide) groups is 1. The van der Waals surface area contributed by atoms with E-state index in [0.717, 1.165) is 17.8 Å². The van der Waals surface area contributed by atoms with E-state index in [1.807, 2.05) is 41.3 Å². The predicted octanol–water partition coefficient (Wildman–Crippen LogP) is 4.55. The van der Waals surface area contributed by atoms with Gasteiger partial charge in [-0.05, 0) is 54.4 Å². The van der Waals surface area contributed by atoms with Crippen molar-refractivity contribution in [2.24, 2.45) is 0 Å². The lowest BCUT2D eigenvalue weighted by molar-refractivity contribution is -0.116. The second-order valence-corrected chi connectivity index (χ2v) is 10.1. The van der Waals surface area contributed by atoms with E-state index in [-0.39, 0.29) is 24.1 Å². The average molecular weight is 564 g/mol. The third-order valence-electron chi connectivity index (χ3n) is 6.33. The summed E-state index contributed by atoms with van der Waals surface area (Å²) in [4.78, 5) is 27.8. The van der Waals surface area contributed by atoms with E-state index < -0.39 is 0 Å². The minimum absolute atomic E-state index is 0.00565. The first-order valence-corrected chi connectivity index (χ1v) is 13.6. The summed E-state index contributed by atoms with van der Waals surface area (Å²) in [5.74, 6) is 1.35. The maximum absolute atomic E-state index is 13.1. The number of carbonyl (C=O) groups excluding carboxylic acids is 2. The van der Waals surface area contributed by atoms with E-state index in [9.17, 15) is 9.59 Å². The van der Waals surface area contributed by atoms with Crippen molar-refractivity contribution in [3.05, 3.63) is 88.7 Å². The minimum Gasteiger partial charge on any atom is -0.493 e. The highest BCUT2D eigenvalue weighted by Gasteiger charge is 2.25. The van der Waals surface area contributed by atoms with Gasteiger partial charge in [0.15, 0.2) is 22.5 Å². The summed E-state index contributed by atoms with van der Waals surface area (Å²) in [7, 11) is 3.05. The molecule has 0 bridgehead atoms. The van der Waals surface area contributed by atoms with Crippen LogP contribution in [0.15, 0.2) is 71.9 Å². The molecule has 2 amide bonds. The first-order valence-electron chi connectivity index (χ1n) is 12.2. The maximum atomic E-state index is 13.1. The van der Waals surface area contributed by atoms with E-state index >= 15 is 0 Å². The van der Waals surface area contributed by atoms with Crippen LogP contribution in [0.5, 0.6) is 11.5 Å².